The molecule has 0 saturated carbocycles. The summed E-state index contributed by atoms with van der Waals surface area (Å²) < 4.78 is 2.63. The number of H-pyrrole nitrogens is 1. The zero-order valence-corrected chi connectivity index (χ0v) is 11.5. The average molecular weight is 266 g/mol. The summed E-state index contributed by atoms with van der Waals surface area (Å²) in [5.74, 6) is 0.797. The number of aromatic amines is 1. The normalized spacial score (nSPS) is 11.4. The topological polar surface area (TPSA) is 72.7 Å². The van der Waals surface area contributed by atoms with Crippen LogP contribution in [-0.2, 0) is 14.1 Å². The van der Waals surface area contributed by atoms with Gasteiger partial charge in [-0.3, -0.25) is 13.9 Å². The van der Waals surface area contributed by atoms with Crippen LogP contribution in [0.3, 0.4) is 0 Å². The van der Waals surface area contributed by atoms with E-state index in [1.54, 1.807) is 7.05 Å². The molecule has 6 nitrogen and oxygen atoms in total. The van der Waals surface area contributed by atoms with Crippen LogP contribution in [0.4, 0.5) is 0 Å². The van der Waals surface area contributed by atoms with Gasteiger partial charge in [0, 0.05) is 20.0 Å². The van der Waals surface area contributed by atoms with Crippen molar-refractivity contribution < 1.29 is 0 Å². The molecule has 0 aliphatic heterocycles. The predicted molar refractivity (Wildman–Crippen MR) is 71.5 cm³/mol. The molecule has 2 rings (SSSR count). The van der Waals surface area contributed by atoms with E-state index in [1.807, 2.05) is 13.8 Å². The molecule has 2 aromatic rings. The molecule has 0 bridgehead atoms. The summed E-state index contributed by atoms with van der Waals surface area (Å²) in [7, 11) is 3.02. The number of hydrogen-bond donors (Lipinski definition) is 1. The second-order valence-corrected chi connectivity index (χ2v) is 4.90. The van der Waals surface area contributed by atoms with Gasteiger partial charge in [0.05, 0.1) is 0 Å². The fourth-order valence-corrected chi connectivity index (χ4v) is 2.05. The monoisotopic (exact) mass is 266 g/mol. The first kappa shape index (κ1) is 12.7. The minimum Gasteiger partial charge on any atom is -0.329 e. The Morgan fingerprint density at radius 3 is 2.39 bits per heavy atom. The second kappa shape index (κ2) is 4.16. The van der Waals surface area contributed by atoms with E-state index in [2.05, 4.69) is 9.97 Å². The van der Waals surface area contributed by atoms with Gasteiger partial charge in [-0.1, -0.05) is 26.1 Å². The van der Waals surface area contributed by atoms with Crippen LogP contribution in [0.1, 0.15) is 25.6 Å². The van der Waals surface area contributed by atoms with Crippen molar-refractivity contribution in [2.45, 2.75) is 19.8 Å². The Morgan fingerprint density at radius 2 is 1.83 bits per heavy atom. The van der Waals surface area contributed by atoms with Gasteiger partial charge < -0.3 is 4.98 Å². The third-order valence-corrected chi connectivity index (χ3v) is 3.19. The molecular formula is C11H14N4O2S. The van der Waals surface area contributed by atoms with Gasteiger partial charge in [0.15, 0.2) is 0 Å². The first-order valence-corrected chi connectivity index (χ1v) is 5.95. The lowest BCUT2D eigenvalue weighted by Crippen LogP contribution is -2.37. The summed E-state index contributed by atoms with van der Waals surface area (Å²) >= 11 is 5.15. The van der Waals surface area contributed by atoms with Gasteiger partial charge in [0.25, 0.3) is 5.56 Å². The van der Waals surface area contributed by atoms with Gasteiger partial charge in [-0.05, 0) is 0 Å². The molecular weight excluding hydrogens is 252 g/mol. The maximum Gasteiger partial charge on any atom is 0.332 e. The van der Waals surface area contributed by atoms with E-state index in [0.29, 0.717) is 11.5 Å². The van der Waals surface area contributed by atoms with Crippen molar-refractivity contribution >= 4 is 23.3 Å². The lowest BCUT2D eigenvalue weighted by molar-refractivity contribution is 0.695. The highest BCUT2D eigenvalue weighted by atomic mass is 32.1. The molecule has 0 aliphatic carbocycles. The zero-order valence-electron chi connectivity index (χ0n) is 10.6. The molecule has 1 N–H and O–H groups in total. The standard InChI is InChI=1S/C11H14N4O2S/c1-5(2)7-12-8-6(9(18)13-7)10(16)15(4)11(17)14(8)3/h5H,1-4H3,(H,12,13,18). The van der Waals surface area contributed by atoms with Gasteiger partial charge in [0.1, 0.15) is 21.5 Å². The van der Waals surface area contributed by atoms with Gasteiger partial charge in [-0.15, -0.1) is 0 Å². The number of nitrogens with one attached hydrogen (secondary N) is 1. The summed E-state index contributed by atoms with van der Waals surface area (Å²) in [6, 6.07) is 0. The zero-order chi connectivity index (χ0) is 13.6. The SMILES string of the molecule is CC(C)c1nc(=S)c2c(=O)n(C)c(=O)n(C)c2[nH]1. The van der Waals surface area contributed by atoms with Crippen molar-refractivity contribution in [1.82, 2.24) is 19.1 Å². The summed E-state index contributed by atoms with van der Waals surface area (Å²) in [5, 5.41) is 0.277. The molecule has 0 aliphatic rings. The van der Waals surface area contributed by atoms with E-state index in [1.165, 1.54) is 11.6 Å². The average Bonchev–Trinajstić information content (AvgIpc) is 2.32. The summed E-state index contributed by atoms with van der Waals surface area (Å²) in [4.78, 5) is 31.1. The molecule has 0 saturated heterocycles. The Kier molecular flexibility index (Phi) is 2.94. The predicted octanol–water partition coefficient (Wildman–Crippen LogP) is 0.813. The minimum absolute atomic E-state index is 0.135. The third-order valence-electron chi connectivity index (χ3n) is 2.89. The maximum atomic E-state index is 12.0. The van der Waals surface area contributed by atoms with E-state index in [4.69, 9.17) is 12.2 Å². The van der Waals surface area contributed by atoms with E-state index in [9.17, 15) is 9.59 Å². The van der Waals surface area contributed by atoms with E-state index in [-0.39, 0.29) is 21.6 Å². The van der Waals surface area contributed by atoms with Crippen LogP contribution in [-0.4, -0.2) is 19.1 Å². The van der Waals surface area contributed by atoms with Crippen molar-refractivity contribution in [3.05, 3.63) is 31.3 Å². The van der Waals surface area contributed by atoms with E-state index >= 15 is 0 Å². The van der Waals surface area contributed by atoms with Crippen LogP contribution >= 0.6 is 12.2 Å². The van der Waals surface area contributed by atoms with Crippen molar-refractivity contribution in [3.8, 4) is 0 Å². The molecule has 18 heavy (non-hydrogen) atoms. The molecule has 2 heterocycles. The third kappa shape index (κ3) is 1.71. The molecule has 7 heteroatoms. The first-order valence-electron chi connectivity index (χ1n) is 5.54. The molecule has 96 valence electrons. The Labute approximate surface area is 108 Å². The molecule has 0 fully saturated rings. The summed E-state index contributed by atoms with van der Waals surface area (Å²) in [6.07, 6.45) is 0. The highest BCUT2D eigenvalue weighted by Gasteiger charge is 2.13. The van der Waals surface area contributed by atoms with Crippen molar-refractivity contribution in [1.29, 1.82) is 0 Å². The fraction of sp³-hybridized carbons (Fsp3) is 0.455. The molecule has 0 spiro atoms. The van der Waals surface area contributed by atoms with Gasteiger partial charge in [0.2, 0.25) is 0 Å². The molecule has 0 atom stereocenters. The van der Waals surface area contributed by atoms with Crippen molar-refractivity contribution in [2.24, 2.45) is 14.1 Å². The van der Waals surface area contributed by atoms with E-state index in [0.717, 1.165) is 4.57 Å². The summed E-state index contributed by atoms with van der Waals surface area (Å²) in [5.41, 5.74) is -0.386. The largest absolute Gasteiger partial charge is 0.332 e. The number of nitrogens with zero attached hydrogens (tertiary/aromatic N) is 3. The van der Waals surface area contributed by atoms with Crippen LogP contribution in [0.25, 0.3) is 11.0 Å². The Balaban J connectivity index is 3.13. The van der Waals surface area contributed by atoms with Crippen LogP contribution < -0.4 is 11.2 Å². The van der Waals surface area contributed by atoms with Crippen molar-refractivity contribution in [3.63, 3.8) is 0 Å². The minimum atomic E-state index is -0.419. The molecule has 0 amide bonds. The van der Waals surface area contributed by atoms with Crippen LogP contribution in [0.2, 0.25) is 0 Å². The highest BCUT2D eigenvalue weighted by molar-refractivity contribution is 7.71. The first-order chi connectivity index (χ1) is 8.34. The molecule has 2 aromatic heterocycles. The Bertz CT molecular complexity index is 798. The number of rotatable bonds is 1. The highest BCUT2D eigenvalue weighted by Crippen LogP contribution is 2.12. The van der Waals surface area contributed by atoms with Gasteiger partial charge >= 0.3 is 5.69 Å². The van der Waals surface area contributed by atoms with Gasteiger partial charge in [-0.2, -0.15) is 0 Å². The smallest absolute Gasteiger partial charge is 0.329 e. The van der Waals surface area contributed by atoms with Crippen molar-refractivity contribution in [2.75, 3.05) is 0 Å². The van der Waals surface area contributed by atoms with Crippen LogP contribution in [0, 0.1) is 4.64 Å². The van der Waals surface area contributed by atoms with Crippen LogP contribution in [0.5, 0.6) is 0 Å². The van der Waals surface area contributed by atoms with E-state index < -0.39 is 5.56 Å². The lowest BCUT2D eigenvalue weighted by Gasteiger charge is -2.10. The molecule has 0 radical (unpaired) electrons. The number of aryl methyl sites for hydroxylation is 1. The Hall–Kier alpha value is -1.76. The molecule has 0 aromatic carbocycles. The number of hydrogen-bond acceptors (Lipinski definition) is 4. The summed E-state index contributed by atoms with van der Waals surface area (Å²) in [6.45, 7) is 3.91. The maximum absolute atomic E-state index is 12.0. The Morgan fingerprint density at radius 1 is 1.22 bits per heavy atom. The van der Waals surface area contributed by atoms with Gasteiger partial charge in [-0.25, -0.2) is 9.78 Å². The number of fused-ring (bicyclic) bond motifs is 1. The fourth-order valence-electron chi connectivity index (χ4n) is 1.77. The van der Waals surface area contributed by atoms with Crippen LogP contribution in [0.15, 0.2) is 9.59 Å². The number of aromatic nitrogens is 4. The quantitative estimate of drug-likeness (QED) is 0.775. The lowest BCUT2D eigenvalue weighted by atomic mass is 10.2. The molecule has 0 unspecified atom stereocenters. The second-order valence-electron chi connectivity index (χ2n) is 4.51.